The Hall–Kier alpha value is -1.36. The van der Waals surface area contributed by atoms with Gasteiger partial charge in [0.25, 0.3) is 0 Å². The number of nitrogens with zero attached hydrogens (tertiary/aromatic N) is 2. The van der Waals surface area contributed by atoms with Crippen LogP contribution in [0.3, 0.4) is 0 Å². The van der Waals surface area contributed by atoms with E-state index < -0.39 is 5.60 Å². The number of halogens is 1. The molecule has 0 saturated heterocycles. The molecule has 0 atom stereocenters. The lowest BCUT2D eigenvalue weighted by molar-refractivity contribution is 0.0544. The van der Waals surface area contributed by atoms with Gasteiger partial charge < -0.3 is 4.74 Å². The smallest absolute Gasteiger partial charge is 0.419 e. The van der Waals surface area contributed by atoms with Gasteiger partial charge in [0, 0.05) is 11.6 Å². The predicted molar refractivity (Wildman–Crippen MR) is 85.2 cm³/mol. The van der Waals surface area contributed by atoms with E-state index in [4.69, 9.17) is 4.74 Å². The van der Waals surface area contributed by atoms with E-state index in [1.165, 1.54) is 4.57 Å². The van der Waals surface area contributed by atoms with Gasteiger partial charge in [-0.1, -0.05) is 13.8 Å². The number of aromatic nitrogens is 2. The van der Waals surface area contributed by atoms with Crippen molar-refractivity contribution in [1.29, 1.82) is 0 Å². The number of aryl methyl sites for hydroxylation is 1. The van der Waals surface area contributed by atoms with Crippen molar-refractivity contribution < 1.29 is 9.53 Å². The summed E-state index contributed by atoms with van der Waals surface area (Å²) in [6, 6.07) is 1.89. The standard InChI is InChI=1S/C13H15BrN2O2.C2H6/c1-8-7-16(12(17)18-13(2,3)4)10-6-15-11(14)5-9(8)10;1-2/h5-7H,1-4H3;1-2H3. The number of fused-ring (bicyclic) bond motifs is 1. The van der Waals surface area contributed by atoms with Crippen molar-refractivity contribution >= 4 is 32.9 Å². The van der Waals surface area contributed by atoms with Gasteiger partial charge in [-0.05, 0) is 55.3 Å². The Kier molecular flexibility index (Phi) is 5.34. The molecule has 0 aliphatic rings. The average molecular weight is 341 g/mol. The van der Waals surface area contributed by atoms with Crippen LogP contribution in [0.2, 0.25) is 0 Å². The van der Waals surface area contributed by atoms with Crippen LogP contribution in [0.5, 0.6) is 0 Å². The van der Waals surface area contributed by atoms with E-state index >= 15 is 0 Å². The summed E-state index contributed by atoms with van der Waals surface area (Å²) < 4.78 is 7.61. The van der Waals surface area contributed by atoms with Crippen LogP contribution < -0.4 is 0 Å². The van der Waals surface area contributed by atoms with Gasteiger partial charge in [-0.15, -0.1) is 0 Å². The number of carbonyl (C=O) groups is 1. The zero-order chi connectivity index (χ0) is 15.5. The maximum absolute atomic E-state index is 12.1. The molecule has 110 valence electrons. The summed E-state index contributed by atoms with van der Waals surface area (Å²) in [6.45, 7) is 11.5. The van der Waals surface area contributed by atoms with E-state index in [2.05, 4.69) is 20.9 Å². The minimum atomic E-state index is -0.510. The fourth-order valence-corrected chi connectivity index (χ4v) is 2.06. The lowest BCUT2D eigenvalue weighted by Gasteiger charge is -2.19. The SMILES string of the molecule is CC.Cc1cn(C(=O)OC(C)(C)C)c2cnc(Br)cc12. The molecule has 2 heterocycles. The third kappa shape index (κ3) is 3.82. The fourth-order valence-electron chi connectivity index (χ4n) is 1.73. The van der Waals surface area contributed by atoms with E-state index in [-0.39, 0.29) is 6.09 Å². The topological polar surface area (TPSA) is 44.1 Å². The van der Waals surface area contributed by atoms with Crippen molar-refractivity contribution in [2.24, 2.45) is 0 Å². The third-order valence-electron chi connectivity index (χ3n) is 2.45. The summed E-state index contributed by atoms with van der Waals surface area (Å²) in [4.78, 5) is 16.2. The van der Waals surface area contributed by atoms with E-state index in [0.29, 0.717) is 0 Å². The molecule has 0 saturated carbocycles. The highest BCUT2D eigenvalue weighted by Crippen LogP contribution is 2.23. The second-order valence-corrected chi connectivity index (χ2v) is 6.00. The number of rotatable bonds is 0. The first kappa shape index (κ1) is 16.7. The van der Waals surface area contributed by atoms with Crippen molar-refractivity contribution in [3.8, 4) is 0 Å². The first-order valence-corrected chi connectivity index (χ1v) is 7.44. The first-order chi connectivity index (χ1) is 9.28. The van der Waals surface area contributed by atoms with Crippen molar-refractivity contribution in [2.75, 3.05) is 0 Å². The Morgan fingerprint density at radius 3 is 2.50 bits per heavy atom. The van der Waals surface area contributed by atoms with Crippen molar-refractivity contribution in [3.05, 3.63) is 28.6 Å². The van der Waals surface area contributed by atoms with Gasteiger partial charge in [0.05, 0.1) is 11.7 Å². The summed E-state index contributed by atoms with van der Waals surface area (Å²) in [5, 5.41) is 0.989. The maximum Gasteiger partial charge on any atom is 0.419 e. The van der Waals surface area contributed by atoms with Gasteiger partial charge in [0.15, 0.2) is 0 Å². The van der Waals surface area contributed by atoms with E-state index in [1.54, 1.807) is 12.4 Å². The molecule has 0 bridgehead atoms. The molecule has 20 heavy (non-hydrogen) atoms. The minimum absolute atomic E-state index is 0.385. The molecule has 2 aromatic rings. The van der Waals surface area contributed by atoms with Gasteiger partial charge >= 0.3 is 6.09 Å². The van der Waals surface area contributed by atoms with Gasteiger partial charge in [0.2, 0.25) is 0 Å². The Balaban J connectivity index is 0.000000956. The highest BCUT2D eigenvalue weighted by Gasteiger charge is 2.20. The molecule has 0 aliphatic heterocycles. The number of pyridine rings is 1. The molecule has 0 radical (unpaired) electrons. The van der Waals surface area contributed by atoms with Crippen LogP contribution in [0, 0.1) is 6.92 Å². The summed E-state index contributed by atoms with van der Waals surface area (Å²) >= 11 is 3.33. The highest BCUT2D eigenvalue weighted by atomic mass is 79.9. The Morgan fingerprint density at radius 1 is 1.35 bits per heavy atom. The maximum atomic E-state index is 12.1. The average Bonchev–Trinajstić information content (AvgIpc) is 2.67. The molecule has 0 aliphatic carbocycles. The lowest BCUT2D eigenvalue weighted by atomic mass is 10.2. The zero-order valence-corrected chi connectivity index (χ0v) is 14.4. The zero-order valence-electron chi connectivity index (χ0n) is 12.8. The monoisotopic (exact) mass is 340 g/mol. The second-order valence-electron chi connectivity index (χ2n) is 5.19. The molecule has 2 rings (SSSR count). The number of ether oxygens (including phenoxy) is 1. The van der Waals surface area contributed by atoms with E-state index in [9.17, 15) is 4.79 Å². The molecule has 0 N–H and O–H groups in total. The number of hydrogen-bond acceptors (Lipinski definition) is 3. The molecule has 0 unspecified atom stereocenters. The van der Waals surface area contributed by atoms with E-state index in [0.717, 1.165) is 21.1 Å². The molecule has 0 spiro atoms. The third-order valence-corrected chi connectivity index (χ3v) is 2.88. The second kappa shape index (κ2) is 6.39. The lowest BCUT2D eigenvalue weighted by Crippen LogP contribution is -2.26. The van der Waals surface area contributed by atoms with Crippen molar-refractivity contribution in [1.82, 2.24) is 9.55 Å². The van der Waals surface area contributed by atoms with Crippen LogP contribution in [0.15, 0.2) is 23.1 Å². The normalized spacial score (nSPS) is 10.9. The molecule has 4 nitrogen and oxygen atoms in total. The summed E-state index contributed by atoms with van der Waals surface area (Å²) in [5.74, 6) is 0. The fraction of sp³-hybridized carbons (Fsp3) is 0.467. The largest absolute Gasteiger partial charge is 0.443 e. The highest BCUT2D eigenvalue weighted by molar-refractivity contribution is 9.10. The summed E-state index contributed by atoms with van der Waals surface area (Å²) in [5.41, 5.74) is 1.26. The Bertz CT molecular complexity index is 612. The van der Waals surface area contributed by atoms with Crippen LogP contribution in [0.4, 0.5) is 4.79 Å². The summed E-state index contributed by atoms with van der Waals surface area (Å²) in [7, 11) is 0. The van der Waals surface area contributed by atoms with E-state index in [1.807, 2.05) is 47.6 Å². The van der Waals surface area contributed by atoms with Crippen LogP contribution in [0.1, 0.15) is 40.2 Å². The molecule has 5 heteroatoms. The van der Waals surface area contributed by atoms with Crippen molar-refractivity contribution in [3.63, 3.8) is 0 Å². The molecule has 0 fully saturated rings. The molecule has 0 aromatic carbocycles. The molecular formula is C15H21BrN2O2. The Labute approximate surface area is 128 Å². The van der Waals surface area contributed by atoms with Gasteiger partial charge in [-0.2, -0.15) is 0 Å². The molecule has 2 aromatic heterocycles. The van der Waals surface area contributed by atoms with Gasteiger partial charge in [0.1, 0.15) is 10.2 Å². The van der Waals surface area contributed by atoms with Crippen molar-refractivity contribution in [2.45, 2.75) is 47.1 Å². The molecular weight excluding hydrogens is 320 g/mol. The first-order valence-electron chi connectivity index (χ1n) is 6.64. The van der Waals surface area contributed by atoms with Crippen LogP contribution in [-0.4, -0.2) is 21.2 Å². The molecule has 0 amide bonds. The number of carbonyl (C=O) groups excluding carboxylic acids is 1. The quantitative estimate of drug-likeness (QED) is 0.639. The van der Waals surface area contributed by atoms with Gasteiger partial charge in [-0.25, -0.2) is 9.78 Å². The predicted octanol–water partition coefficient (Wildman–Crippen LogP) is 4.92. The van der Waals surface area contributed by atoms with Gasteiger partial charge in [-0.3, -0.25) is 4.57 Å². The Morgan fingerprint density at radius 2 is 1.95 bits per heavy atom. The van der Waals surface area contributed by atoms with Crippen LogP contribution in [-0.2, 0) is 4.74 Å². The van der Waals surface area contributed by atoms with Crippen LogP contribution in [0.25, 0.3) is 10.9 Å². The minimum Gasteiger partial charge on any atom is -0.443 e. The van der Waals surface area contributed by atoms with Crippen LogP contribution >= 0.6 is 15.9 Å². The summed E-state index contributed by atoms with van der Waals surface area (Å²) in [6.07, 6.45) is 3.05. The number of hydrogen-bond donors (Lipinski definition) is 0.